The Balaban J connectivity index is 2.24. The molecule has 20 heavy (non-hydrogen) atoms. The van der Waals surface area contributed by atoms with Crippen LogP contribution >= 0.6 is 0 Å². The lowest BCUT2D eigenvalue weighted by molar-refractivity contribution is 0.0828. The van der Waals surface area contributed by atoms with Crippen LogP contribution in [0.15, 0.2) is 24.5 Å². The molecule has 106 valence electrons. The van der Waals surface area contributed by atoms with E-state index >= 15 is 0 Å². The molecule has 1 heterocycles. The van der Waals surface area contributed by atoms with Gasteiger partial charge in [0.15, 0.2) is 5.82 Å². The van der Waals surface area contributed by atoms with Crippen molar-refractivity contribution in [3.8, 4) is 0 Å². The van der Waals surface area contributed by atoms with E-state index in [2.05, 4.69) is 15.5 Å². The van der Waals surface area contributed by atoms with Gasteiger partial charge in [0.1, 0.15) is 6.33 Å². The first-order valence-corrected chi connectivity index (χ1v) is 6.17. The van der Waals surface area contributed by atoms with Crippen LogP contribution in [-0.4, -0.2) is 39.7 Å². The van der Waals surface area contributed by atoms with E-state index in [-0.39, 0.29) is 5.91 Å². The minimum Gasteiger partial charge on any atom is -0.399 e. The van der Waals surface area contributed by atoms with E-state index < -0.39 is 0 Å². The Morgan fingerprint density at radius 2 is 2.20 bits per heavy atom. The van der Waals surface area contributed by atoms with Crippen LogP contribution < -0.4 is 11.1 Å². The molecule has 0 saturated carbocycles. The summed E-state index contributed by atoms with van der Waals surface area (Å²) in [5, 5.41) is 11.0. The molecule has 0 bridgehead atoms. The first-order chi connectivity index (χ1) is 9.49. The van der Waals surface area contributed by atoms with Crippen LogP contribution in [-0.2, 0) is 13.6 Å². The molecule has 7 nitrogen and oxygen atoms in total. The summed E-state index contributed by atoms with van der Waals surface area (Å²) in [6, 6.07) is 5.17. The topological polar surface area (TPSA) is 89.1 Å². The van der Waals surface area contributed by atoms with Gasteiger partial charge in [0.05, 0.1) is 12.1 Å². The molecule has 3 N–H and O–H groups in total. The maximum Gasteiger partial charge on any atom is 0.255 e. The lowest BCUT2D eigenvalue weighted by Gasteiger charge is -2.15. The van der Waals surface area contributed by atoms with Crippen molar-refractivity contribution in [3.63, 3.8) is 0 Å². The number of amides is 1. The van der Waals surface area contributed by atoms with Crippen LogP contribution in [0.3, 0.4) is 0 Å². The van der Waals surface area contributed by atoms with E-state index in [0.717, 1.165) is 5.82 Å². The molecule has 0 unspecified atom stereocenters. The molecule has 0 aliphatic rings. The molecule has 0 aliphatic carbocycles. The monoisotopic (exact) mass is 274 g/mol. The van der Waals surface area contributed by atoms with Crippen molar-refractivity contribution in [2.45, 2.75) is 6.54 Å². The van der Waals surface area contributed by atoms with E-state index in [1.54, 1.807) is 38.6 Å². The summed E-state index contributed by atoms with van der Waals surface area (Å²) in [7, 11) is 5.29. The fourth-order valence-electron chi connectivity index (χ4n) is 1.78. The predicted molar refractivity (Wildman–Crippen MR) is 77.2 cm³/mol. The SMILES string of the molecule is CN(C)C(=O)c1ccc(N)cc1NCc1nncn1C. The number of hydrogen-bond acceptors (Lipinski definition) is 5. The predicted octanol–water partition coefficient (Wildman–Crippen LogP) is 0.711. The maximum atomic E-state index is 12.1. The van der Waals surface area contributed by atoms with Gasteiger partial charge in [-0.1, -0.05) is 0 Å². The normalized spacial score (nSPS) is 10.3. The Labute approximate surface area is 117 Å². The Bertz CT molecular complexity index is 619. The number of nitrogen functional groups attached to an aromatic ring is 1. The van der Waals surface area contributed by atoms with Gasteiger partial charge in [0.25, 0.3) is 5.91 Å². The standard InChI is InChI=1S/C13H18N6O/c1-18(2)13(20)10-5-4-9(14)6-11(10)15-7-12-17-16-8-19(12)3/h4-6,8,15H,7,14H2,1-3H3. The van der Waals surface area contributed by atoms with E-state index in [9.17, 15) is 4.79 Å². The van der Waals surface area contributed by atoms with E-state index in [0.29, 0.717) is 23.5 Å². The van der Waals surface area contributed by atoms with Gasteiger partial charge in [0.2, 0.25) is 0 Å². The van der Waals surface area contributed by atoms with Gasteiger partial charge in [-0.05, 0) is 18.2 Å². The number of carbonyl (C=O) groups is 1. The number of nitrogens with zero attached hydrogens (tertiary/aromatic N) is 4. The van der Waals surface area contributed by atoms with Crippen LogP contribution in [0.5, 0.6) is 0 Å². The van der Waals surface area contributed by atoms with Crippen molar-refractivity contribution >= 4 is 17.3 Å². The number of hydrogen-bond donors (Lipinski definition) is 2. The highest BCUT2D eigenvalue weighted by atomic mass is 16.2. The second kappa shape index (κ2) is 5.60. The number of rotatable bonds is 4. The van der Waals surface area contributed by atoms with Crippen molar-refractivity contribution in [3.05, 3.63) is 35.9 Å². The van der Waals surface area contributed by atoms with Crippen LogP contribution in [0.1, 0.15) is 16.2 Å². The Morgan fingerprint density at radius 1 is 1.45 bits per heavy atom. The molecular weight excluding hydrogens is 256 g/mol. The van der Waals surface area contributed by atoms with E-state index in [1.807, 2.05) is 11.6 Å². The zero-order valence-corrected chi connectivity index (χ0v) is 11.8. The van der Waals surface area contributed by atoms with Gasteiger partial charge >= 0.3 is 0 Å². The van der Waals surface area contributed by atoms with Crippen molar-refractivity contribution in [1.82, 2.24) is 19.7 Å². The Morgan fingerprint density at radius 3 is 2.80 bits per heavy atom. The molecule has 1 aromatic heterocycles. The maximum absolute atomic E-state index is 12.1. The number of benzene rings is 1. The highest BCUT2D eigenvalue weighted by Crippen LogP contribution is 2.21. The van der Waals surface area contributed by atoms with Gasteiger partial charge in [0, 0.05) is 32.5 Å². The molecule has 2 rings (SSSR count). The molecule has 1 aromatic carbocycles. The lowest BCUT2D eigenvalue weighted by atomic mass is 10.1. The van der Waals surface area contributed by atoms with Crippen molar-refractivity contribution < 1.29 is 4.79 Å². The number of carbonyl (C=O) groups excluding carboxylic acids is 1. The molecule has 0 aliphatic heterocycles. The fraction of sp³-hybridized carbons (Fsp3) is 0.308. The smallest absolute Gasteiger partial charge is 0.255 e. The number of aromatic nitrogens is 3. The molecule has 7 heteroatoms. The van der Waals surface area contributed by atoms with Gasteiger partial charge in [-0.25, -0.2) is 0 Å². The largest absolute Gasteiger partial charge is 0.399 e. The molecule has 1 amide bonds. The van der Waals surface area contributed by atoms with Crippen molar-refractivity contribution in [2.75, 3.05) is 25.1 Å². The third kappa shape index (κ3) is 2.87. The Hall–Kier alpha value is -2.57. The average Bonchev–Trinajstić information content (AvgIpc) is 2.81. The zero-order chi connectivity index (χ0) is 14.7. The van der Waals surface area contributed by atoms with Crippen molar-refractivity contribution in [1.29, 1.82) is 0 Å². The summed E-state index contributed by atoms with van der Waals surface area (Å²) in [6.07, 6.45) is 1.63. The van der Waals surface area contributed by atoms with Gasteiger partial charge in [-0.15, -0.1) is 10.2 Å². The molecule has 0 spiro atoms. The van der Waals surface area contributed by atoms with Gasteiger partial charge in [-0.2, -0.15) is 0 Å². The zero-order valence-electron chi connectivity index (χ0n) is 11.8. The van der Waals surface area contributed by atoms with Crippen molar-refractivity contribution in [2.24, 2.45) is 7.05 Å². The van der Waals surface area contributed by atoms with Crippen LogP contribution in [0.4, 0.5) is 11.4 Å². The lowest BCUT2D eigenvalue weighted by Crippen LogP contribution is -2.23. The van der Waals surface area contributed by atoms with Gasteiger partial charge < -0.3 is 20.5 Å². The third-order valence-corrected chi connectivity index (χ3v) is 2.92. The molecule has 0 fully saturated rings. The van der Waals surface area contributed by atoms with Gasteiger partial charge in [-0.3, -0.25) is 4.79 Å². The van der Waals surface area contributed by atoms with E-state index in [1.165, 1.54) is 4.90 Å². The third-order valence-electron chi connectivity index (χ3n) is 2.92. The fourth-order valence-corrected chi connectivity index (χ4v) is 1.78. The molecule has 0 atom stereocenters. The number of aryl methyl sites for hydroxylation is 1. The summed E-state index contributed by atoms with van der Waals surface area (Å²) >= 11 is 0. The second-order valence-electron chi connectivity index (χ2n) is 4.72. The highest BCUT2D eigenvalue weighted by molar-refractivity contribution is 5.99. The first kappa shape index (κ1) is 13.9. The highest BCUT2D eigenvalue weighted by Gasteiger charge is 2.14. The second-order valence-corrected chi connectivity index (χ2v) is 4.72. The van der Waals surface area contributed by atoms with E-state index in [4.69, 9.17) is 5.73 Å². The minimum atomic E-state index is -0.0783. The first-order valence-electron chi connectivity index (χ1n) is 6.17. The van der Waals surface area contributed by atoms with Crippen LogP contribution in [0.25, 0.3) is 0 Å². The quantitative estimate of drug-likeness (QED) is 0.802. The number of anilines is 2. The summed E-state index contributed by atoms with van der Waals surface area (Å²) in [4.78, 5) is 13.6. The van der Waals surface area contributed by atoms with Crippen LogP contribution in [0, 0.1) is 0 Å². The number of nitrogens with two attached hydrogens (primary N) is 1. The summed E-state index contributed by atoms with van der Waals surface area (Å²) in [6.45, 7) is 0.466. The summed E-state index contributed by atoms with van der Waals surface area (Å²) < 4.78 is 1.81. The number of nitrogens with one attached hydrogen (secondary N) is 1. The molecule has 0 saturated heterocycles. The Kier molecular flexibility index (Phi) is 3.88. The summed E-state index contributed by atoms with van der Waals surface area (Å²) in [5.74, 6) is 0.696. The average molecular weight is 274 g/mol. The molecular formula is C13H18N6O. The summed E-state index contributed by atoms with van der Waals surface area (Å²) in [5.41, 5.74) is 7.64. The van der Waals surface area contributed by atoms with Crippen LogP contribution in [0.2, 0.25) is 0 Å². The minimum absolute atomic E-state index is 0.0783. The molecule has 0 radical (unpaired) electrons. The molecule has 2 aromatic rings.